The van der Waals surface area contributed by atoms with Crippen LogP contribution in [0.3, 0.4) is 0 Å². The molecule has 15 heavy (non-hydrogen) atoms. The van der Waals surface area contributed by atoms with Crippen molar-refractivity contribution in [1.82, 2.24) is 14.6 Å². The first-order valence-electron chi connectivity index (χ1n) is 4.13. The van der Waals surface area contributed by atoms with E-state index in [-0.39, 0.29) is 17.1 Å². The second-order valence-corrected chi connectivity index (χ2v) is 3.08. The van der Waals surface area contributed by atoms with Crippen molar-refractivity contribution in [3.05, 3.63) is 28.8 Å². The fourth-order valence-electron chi connectivity index (χ4n) is 1.17. The van der Waals surface area contributed by atoms with Crippen molar-refractivity contribution in [3.8, 4) is 0 Å². The Hall–Kier alpha value is -1.82. The van der Waals surface area contributed by atoms with Crippen molar-refractivity contribution in [1.29, 1.82) is 0 Å². The summed E-state index contributed by atoms with van der Waals surface area (Å²) in [5.41, 5.74) is 0.216. The molecule has 0 unspecified atom stereocenters. The number of fused-ring (bicyclic) bond motifs is 1. The van der Waals surface area contributed by atoms with Gasteiger partial charge in [0.1, 0.15) is 11.6 Å². The Morgan fingerprint density at radius 2 is 2.47 bits per heavy atom. The molecular formula is C8H7ClN4O2. The molecule has 0 radical (unpaired) electrons. The molecule has 0 aliphatic carbocycles. The van der Waals surface area contributed by atoms with E-state index in [0.717, 1.165) is 0 Å². The van der Waals surface area contributed by atoms with E-state index in [4.69, 9.17) is 11.6 Å². The first-order chi connectivity index (χ1) is 7.22. The average Bonchev–Trinajstić information content (AvgIpc) is 2.70. The van der Waals surface area contributed by atoms with Crippen LogP contribution in [0.4, 0.5) is 5.69 Å². The predicted octanol–water partition coefficient (Wildman–Crippen LogP) is 0.200. The number of nitrogens with zero attached hydrogens (tertiary/aromatic N) is 2. The van der Waals surface area contributed by atoms with Crippen LogP contribution in [-0.2, 0) is 4.79 Å². The number of aromatic nitrogens is 3. The van der Waals surface area contributed by atoms with Gasteiger partial charge in [-0.15, -0.1) is 11.6 Å². The van der Waals surface area contributed by atoms with Gasteiger partial charge in [-0.3, -0.25) is 14.7 Å². The summed E-state index contributed by atoms with van der Waals surface area (Å²) in [5.74, 6) is -0.644. The Morgan fingerprint density at radius 3 is 3.20 bits per heavy atom. The summed E-state index contributed by atoms with van der Waals surface area (Å²) < 4.78 is 1.23. The van der Waals surface area contributed by atoms with Crippen molar-refractivity contribution >= 4 is 28.8 Å². The van der Waals surface area contributed by atoms with Crippen LogP contribution in [0.5, 0.6) is 0 Å². The highest BCUT2D eigenvalue weighted by molar-refractivity contribution is 6.29. The summed E-state index contributed by atoms with van der Waals surface area (Å²) in [7, 11) is 0. The maximum Gasteiger partial charge on any atom is 0.296 e. The number of alkyl halides is 1. The van der Waals surface area contributed by atoms with Crippen molar-refractivity contribution in [2.75, 3.05) is 11.2 Å². The van der Waals surface area contributed by atoms with Gasteiger partial charge in [-0.25, -0.2) is 4.98 Å². The Balaban J connectivity index is 2.48. The first kappa shape index (κ1) is 9.72. The van der Waals surface area contributed by atoms with E-state index in [1.807, 2.05) is 0 Å². The number of halogens is 1. The van der Waals surface area contributed by atoms with Gasteiger partial charge in [0, 0.05) is 12.3 Å². The van der Waals surface area contributed by atoms with Gasteiger partial charge in [0.05, 0.1) is 6.20 Å². The van der Waals surface area contributed by atoms with E-state index in [9.17, 15) is 9.59 Å². The quantitative estimate of drug-likeness (QED) is 0.718. The van der Waals surface area contributed by atoms with E-state index in [1.54, 1.807) is 12.3 Å². The third-order valence-corrected chi connectivity index (χ3v) is 2.06. The molecule has 0 aliphatic heterocycles. The number of H-pyrrole nitrogens is 1. The highest BCUT2D eigenvalue weighted by Gasteiger charge is 2.07. The third-order valence-electron chi connectivity index (χ3n) is 1.82. The Labute approximate surface area is 88.9 Å². The topological polar surface area (TPSA) is 79.3 Å². The minimum atomic E-state index is -0.443. The summed E-state index contributed by atoms with van der Waals surface area (Å²) >= 11 is 5.30. The number of carbonyl (C=O) groups excluding carboxylic acids is 1. The summed E-state index contributed by atoms with van der Waals surface area (Å²) in [6.45, 7) is 0. The summed E-state index contributed by atoms with van der Waals surface area (Å²) in [6, 6.07) is 1.65. The molecule has 0 fully saturated rings. The number of hydrogen-bond donors (Lipinski definition) is 2. The van der Waals surface area contributed by atoms with Gasteiger partial charge in [-0.2, -0.15) is 4.52 Å². The molecule has 1 amide bonds. The maximum atomic E-state index is 11.7. The first-order valence-corrected chi connectivity index (χ1v) is 4.67. The summed E-state index contributed by atoms with van der Waals surface area (Å²) in [6.07, 6.45) is 2.88. The molecule has 0 spiro atoms. The number of anilines is 1. The Morgan fingerprint density at radius 1 is 1.67 bits per heavy atom. The van der Waals surface area contributed by atoms with Crippen molar-refractivity contribution in [3.63, 3.8) is 0 Å². The van der Waals surface area contributed by atoms with E-state index < -0.39 is 5.91 Å². The highest BCUT2D eigenvalue weighted by atomic mass is 35.5. The number of carbonyl (C=O) groups is 1. The number of aromatic amines is 1. The van der Waals surface area contributed by atoms with E-state index >= 15 is 0 Å². The van der Waals surface area contributed by atoms with Gasteiger partial charge in [0.15, 0.2) is 5.65 Å². The van der Waals surface area contributed by atoms with Gasteiger partial charge in [0.2, 0.25) is 5.91 Å². The number of hydrogen-bond acceptors (Lipinski definition) is 3. The minimum absolute atomic E-state index is 0.0978. The maximum absolute atomic E-state index is 11.7. The zero-order valence-electron chi connectivity index (χ0n) is 7.53. The fraction of sp³-hybridized carbons (Fsp3) is 0.125. The lowest BCUT2D eigenvalue weighted by Gasteiger charge is -2.01. The molecule has 2 heterocycles. The standard InChI is InChI=1S/C8H7ClN4O2/c9-3-7(14)12-5-4-10-6-1-2-11-13(6)8(5)15/h1-2,4,11H,3H2,(H,12,14). The molecule has 0 saturated heterocycles. The smallest absolute Gasteiger partial charge is 0.296 e. The lowest BCUT2D eigenvalue weighted by Crippen LogP contribution is -2.23. The molecular weight excluding hydrogens is 220 g/mol. The number of rotatable bonds is 2. The van der Waals surface area contributed by atoms with Gasteiger partial charge >= 0.3 is 0 Å². The minimum Gasteiger partial charge on any atom is -0.319 e. The molecule has 0 atom stereocenters. The van der Waals surface area contributed by atoms with Crippen LogP contribution < -0.4 is 10.9 Å². The molecule has 0 aromatic carbocycles. The van der Waals surface area contributed by atoms with Crippen molar-refractivity contribution in [2.45, 2.75) is 0 Å². The van der Waals surface area contributed by atoms with E-state index in [2.05, 4.69) is 15.4 Å². The molecule has 6 nitrogen and oxygen atoms in total. The predicted molar refractivity (Wildman–Crippen MR) is 55.2 cm³/mol. The lowest BCUT2D eigenvalue weighted by atomic mass is 10.5. The molecule has 78 valence electrons. The SMILES string of the molecule is O=C(CCl)Nc1cnc2cc[nH]n2c1=O. The zero-order valence-corrected chi connectivity index (χ0v) is 8.28. The fourth-order valence-corrected chi connectivity index (χ4v) is 1.23. The average molecular weight is 227 g/mol. The van der Waals surface area contributed by atoms with Crippen LogP contribution in [0, 0.1) is 0 Å². The van der Waals surface area contributed by atoms with Crippen LogP contribution in [0.15, 0.2) is 23.3 Å². The highest BCUT2D eigenvalue weighted by Crippen LogP contribution is 2.00. The van der Waals surface area contributed by atoms with Crippen molar-refractivity contribution in [2.24, 2.45) is 0 Å². The van der Waals surface area contributed by atoms with Crippen LogP contribution >= 0.6 is 11.6 Å². The second-order valence-electron chi connectivity index (χ2n) is 2.81. The largest absolute Gasteiger partial charge is 0.319 e. The van der Waals surface area contributed by atoms with E-state index in [0.29, 0.717) is 5.65 Å². The number of nitrogens with one attached hydrogen (secondary N) is 2. The van der Waals surface area contributed by atoms with Gasteiger partial charge in [-0.05, 0) is 0 Å². The molecule has 0 saturated carbocycles. The monoisotopic (exact) mass is 226 g/mol. The van der Waals surface area contributed by atoms with Crippen LogP contribution in [0.2, 0.25) is 0 Å². The van der Waals surface area contributed by atoms with Gasteiger partial charge in [-0.1, -0.05) is 0 Å². The van der Waals surface area contributed by atoms with Gasteiger partial charge in [0.25, 0.3) is 5.56 Å². The van der Waals surface area contributed by atoms with Crippen LogP contribution in [0.25, 0.3) is 5.65 Å². The van der Waals surface area contributed by atoms with E-state index in [1.165, 1.54) is 10.7 Å². The lowest BCUT2D eigenvalue weighted by molar-refractivity contribution is -0.113. The molecule has 2 aromatic heterocycles. The Bertz CT molecular complexity index is 559. The molecule has 7 heteroatoms. The molecule has 2 rings (SSSR count). The van der Waals surface area contributed by atoms with Crippen LogP contribution in [0.1, 0.15) is 0 Å². The normalized spacial score (nSPS) is 10.5. The Kier molecular flexibility index (Phi) is 2.42. The summed E-state index contributed by atoms with van der Waals surface area (Å²) in [4.78, 5) is 26.6. The molecule has 0 bridgehead atoms. The second kappa shape index (κ2) is 3.74. The van der Waals surface area contributed by atoms with Crippen molar-refractivity contribution < 1.29 is 4.79 Å². The zero-order chi connectivity index (χ0) is 10.8. The van der Waals surface area contributed by atoms with Crippen LogP contribution in [-0.4, -0.2) is 26.4 Å². The summed E-state index contributed by atoms with van der Waals surface area (Å²) in [5, 5.41) is 5.03. The number of amides is 1. The molecule has 0 aliphatic rings. The third kappa shape index (κ3) is 1.71. The van der Waals surface area contributed by atoms with Gasteiger partial charge < -0.3 is 5.32 Å². The molecule has 2 N–H and O–H groups in total. The molecule has 2 aromatic rings.